The molecule has 1 fully saturated rings. The lowest BCUT2D eigenvalue weighted by Crippen LogP contribution is -2.40. The number of aliphatic imine (C=N–C) groups is 1. The van der Waals surface area contributed by atoms with Crippen molar-refractivity contribution in [1.82, 2.24) is 15.5 Å². The van der Waals surface area contributed by atoms with Gasteiger partial charge in [0.05, 0.1) is 13.7 Å². The quantitative estimate of drug-likeness (QED) is 0.356. The Morgan fingerprint density at radius 1 is 1.32 bits per heavy atom. The number of ether oxygens (including phenoxy) is 1. The van der Waals surface area contributed by atoms with Gasteiger partial charge in [-0.05, 0) is 57.0 Å². The molecule has 6 heteroatoms. The summed E-state index contributed by atoms with van der Waals surface area (Å²) in [6.45, 7) is 9.31. The van der Waals surface area contributed by atoms with Gasteiger partial charge in [0.15, 0.2) is 5.96 Å². The molecule has 0 radical (unpaired) electrons. The first-order valence-corrected chi connectivity index (χ1v) is 9.16. The van der Waals surface area contributed by atoms with Crippen molar-refractivity contribution in [1.29, 1.82) is 0 Å². The van der Waals surface area contributed by atoms with Crippen molar-refractivity contribution in [3.05, 3.63) is 29.8 Å². The van der Waals surface area contributed by atoms with Crippen LogP contribution in [0.2, 0.25) is 0 Å². The van der Waals surface area contributed by atoms with Crippen LogP contribution >= 0.6 is 24.0 Å². The topological polar surface area (TPSA) is 48.9 Å². The normalized spacial score (nSPS) is 17.9. The van der Waals surface area contributed by atoms with Gasteiger partial charge in [0, 0.05) is 19.1 Å². The molecule has 1 aromatic rings. The van der Waals surface area contributed by atoms with Gasteiger partial charge in [-0.15, -0.1) is 24.0 Å². The molecule has 0 amide bonds. The van der Waals surface area contributed by atoms with E-state index in [2.05, 4.69) is 41.5 Å². The standard InChI is InChI=1S/C19H32N4O.HI/c1-4-20-19(22-15-17-9-7-13-23(17)5-2)21-12-11-16-8-6-10-18(14-16)24-3;/h6,8,10,14,17H,4-5,7,9,11-13,15H2,1-3H3,(H2,20,21,22);1H. The number of likely N-dealkylation sites (tertiary alicyclic amines) is 1. The molecular weight excluding hydrogens is 427 g/mol. The average molecular weight is 460 g/mol. The molecule has 2 N–H and O–H groups in total. The number of hydrogen-bond acceptors (Lipinski definition) is 3. The number of nitrogens with zero attached hydrogens (tertiary/aromatic N) is 2. The summed E-state index contributed by atoms with van der Waals surface area (Å²) in [5.74, 6) is 1.83. The van der Waals surface area contributed by atoms with Gasteiger partial charge in [-0.3, -0.25) is 9.89 Å². The third-order valence-electron chi connectivity index (χ3n) is 4.55. The third kappa shape index (κ3) is 7.40. The number of methoxy groups -OCH3 is 1. The summed E-state index contributed by atoms with van der Waals surface area (Å²) in [4.78, 5) is 7.32. The predicted molar refractivity (Wildman–Crippen MR) is 116 cm³/mol. The van der Waals surface area contributed by atoms with Gasteiger partial charge >= 0.3 is 0 Å². The molecule has 25 heavy (non-hydrogen) atoms. The molecule has 1 aliphatic heterocycles. The Kier molecular flexibility index (Phi) is 10.9. The summed E-state index contributed by atoms with van der Waals surface area (Å²) in [5, 5.41) is 6.79. The van der Waals surface area contributed by atoms with Crippen LogP contribution in [0.4, 0.5) is 0 Å². The number of likely N-dealkylation sites (N-methyl/N-ethyl adjacent to an activating group) is 1. The Balaban J connectivity index is 0.00000312. The van der Waals surface area contributed by atoms with Crippen LogP contribution in [-0.4, -0.2) is 56.7 Å². The summed E-state index contributed by atoms with van der Waals surface area (Å²) < 4.78 is 5.28. The molecule has 142 valence electrons. The lowest BCUT2D eigenvalue weighted by molar-refractivity contribution is 0.273. The molecule has 1 aliphatic rings. The molecular formula is C19H33IN4O. The molecule has 2 rings (SSSR count). The second-order valence-electron chi connectivity index (χ2n) is 6.17. The molecule has 1 unspecified atom stereocenters. The number of benzene rings is 1. The number of halogens is 1. The van der Waals surface area contributed by atoms with Crippen molar-refractivity contribution >= 4 is 29.9 Å². The summed E-state index contributed by atoms with van der Waals surface area (Å²) >= 11 is 0. The first kappa shape index (κ1) is 22.0. The SMILES string of the molecule is CCNC(=NCC1CCCN1CC)NCCc1cccc(OC)c1.I. The Morgan fingerprint density at radius 3 is 2.88 bits per heavy atom. The lowest BCUT2D eigenvalue weighted by atomic mass is 10.1. The Labute approximate surface area is 169 Å². The fourth-order valence-corrected chi connectivity index (χ4v) is 3.21. The maximum atomic E-state index is 5.28. The fraction of sp³-hybridized carbons (Fsp3) is 0.632. The van der Waals surface area contributed by atoms with Crippen molar-refractivity contribution in [2.45, 2.75) is 39.2 Å². The molecule has 1 atom stereocenters. The highest BCUT2D eigenvalue weighted by molar-refractivity contribution is 14.0. The lowest BCUT2D eigenvalue weighted by Gasteiger charge is -2.21. The molecule has 1 heterocycles. The van der Waals surface area contributed by atoms with Gasteiger partial charge in [-0.2, -0.15) is 0 Å². The van der Waals surface area contributed by atoms with Crippen LogP contribution in [0.5, 0.6) is 5.75 Å². The van der Waals surface area contributed by atoms with E-state index in [9.17, 15) is 0 Å². The smallest absolute Gasteiger partial charge is 0.191 e. The van der Waals surface area contributed by atoms with Crippen molar-refractivity contribution in [2.24, 2.45) is 4.99 Å². The Bertz CT molecular complexity index is 524. The van der Waals surface area contributed by atoms with E-state index in [1.165, 1.54) is 24.9 Å². The van der Waals surface area contributed by atoms with E-state index in [0.29, 0.717) is 6.04 Å². The average Bonchev–Trinajstić information content (AvgIpc) is 3.07. The summed E-state index contributed by atoms with van der Waals surface area (Å²) in [6.07, 6.45) is 3.51. The molecule has 0 aromatic heterocycles. The van der Waals surface area contributed by atoms with Crippen LogP contribution in [0.15, 0.2) is 29.3 Å². The minimum absolute atomic E-state index is 0. The van der Waals surface area contributed by atoms with Crippen LogP contribution in [0.3, 0.4) is 0 Å². The van der Waals surface area contributed by atoms with E-state index < -0.39 is 0 Å². The fourth-order valence-electron chi connectivity index (χ4n) is 3.21. The van der Waals surface area contributed by atoms with Crippen molar-refractivity contribution < 1.29 is 4.74 Å². The molecule has 0 aliphatic carbocycles. The van der Waals surface area contributed by atoms with Gasteiger partial charge < -0.3 is 15.4 Å². The Hall–Kier alpha value is -1.02. The summed E-state index contributed by atoms with van der Waals surface area (Å²) in [7, 11) is 1.70. The zero-order valence-electron chi connectivity index (χ0n) is 15.8. The second kappa shape index (κ2) is 12.4. The van der Waals surface area contributed by atoms with Gasteiger partial charge in [0.2, 0.25) is 0 Å². The number of guanidine groups is 1. The summed E-state index contributed by atoms with van der Waals surface area (Å²) in [5.41, 5.74) is 1.27. The molecule has 1 saturated heterocycles. The highest BCUT2D eigenvalue weighted by Gasteiger charge is 2.22. The maximum absolute atomic E-state index is 5.28. The van der Waals surface area contributed by atoms with E-state index in [1.807, 2.05) is 12.1 Å². The van der Waals surface area contributed by atoms with E-state index >= 15 is 0 Å². The van der Waals surface area contributed by atoms with Gasteiger partial charge in [-0.1, -0.05) is 19.1 Å². The molecule has 1 aromatic carbocycles. The van der Waals surface area contributed by atoms with Crippen LogP contribution in [0.25, 0.3) is 0 Å². The number of rotatable bonds is 8. The van der Waals surface area contributed by atoms with Crippen LogP contribution in [-0.2, 0) is 6.42 Å². The molecule has 0 saturated carbocycles. The largest absolute Gasteiger partial charge is 0.497 e. The molecule has 5 nitrogen and oxygen atoms in total. The van der Waals surface area contributed by atoms with Crippen molar-refractivity contribution in [2.75, 3.05) is 39.8 Å². The minimum Gasteiger partial charge on any atom is -0.497 e. The first-order chi connectivity index (χ1) is 11.8. The van der Waals surface area contributed by atoms with E-state index in [-0.39, 0.29) is 24.0 Å². The highest BCUT2D eigenvalue weighted by Crippen LogP contribution is 2.16. The minimum atomic E-state index is 0. The van der Waals surface area contributed by atoms with Crippen LogP contribution < -0.4 is 15.4 Å². The third-order valence-corrected chi connectivity index (χ3v) is 4.55. The number of hydrogen-bond donors (Lipinski definition) is 2. The second-order valence-corrected chi connectivity index (χ2v) is 6.17. The number of nitrogens with one attached hydrogen (secondary N) is 2. The summed E-state index contributed by atoms with van der Waals surface area (Å²) in [6, 6.07) is 8.83. The van der Waals surface area contributed by atoms with E-state index in [4.69, 9.17) is 9.73 Å². The van der Waals surface area contributed by atoms with Crippen molar-refractivity contribution in [3.63, 3.8) is 0 Å². The van der Waals surface area contributed by atoms with E-state index in [0.717, 1.165) is 44.3 Å². The van der Waals surface area contributed by atoms with Gasteiger partial charge in [0.1, 0.15) is 5.75 Å². The maximum Gasteiger partial charge on any atom is 0.191 e. The highest BCUT2D eigenvalue weighted by atomic mass is 127. The van der Waals surface area contributed by atoms with Gasteiger partial charge in [0.25, 0.3) is 0 Å². The molecule has 0 spiro atoms. The molecule has 0 bridgehead atoms. The zero-order valence-corrected chi connectivity index (χ0v) is 18.1. The van der Waals surface area contributed by atoms with Gasteiger partial charge in [-0.25, -0.2) is 0 Å². The van der Waals surface area contributed by atoms with Crippen LogP contribution in [0, 0.1) is 0 Å². The van der Waals surface area contributed by atoms with Crippen molar-refractivity contribution in [3.8, 4) is 5.75 Å². The zero-order chi connectivity index (χ0) is 17.2. The predicted octanol–water partition coefficient (Wildman–Crippen LogP) is 2.90. The monoisotopic (exact) mass is 460 g/mol. The first-order valence-electron chi connectivity index (χ1n) is 9.16. The van der Waals surface area contributed by atoms with Crippen LogP contribution in [0.1, 0.15) is 32.3 Å². The van der Waals surface area contributed by atoms with E-state index in [1.54, 1.807) is 7.11 Å². The Morgan fingerprint density at radius 2 is 2.16 bits per heavy atom.